The Morgan fingerprint density at radius 2 is 1.81 bits per heavy atom. The molecule has 27 heavy (non-hydrogen) atoms. The second kappa shape index (κ2) is 8.35. The SMILES string of the molecule is CCCCc1ccc(-n2c(=O)[nH]c(C(=O)O)c(CN3CCCC3)c2=O)cc1. The monoisotopic (exact) mass is 371 g/mol. The van der Waals surface area contributed by atoms with Crippen molar-refractivity contribution in [3.05, 3.63) is 61.9 Å². The molecule has 0 unspecified atom stereocenters. The van der Waals surface area contributed by atoms with Crippen LogP contribution < -0.4 is 11.2 Å². The van der Waals surface area contributed by atoms with Crippen LogP contribution in [0, 0.1) is 0 Å². The van der Waals surface area contributed by atoms with Gasteiger partial charge in [-0.05, 0) is 56.5 Å². The van der Waals surface area contributed by atoms with Gasteiger partial charge in [0.1, 0.15) is 5.69 Å². The summed E-state index contributed by atoms with van der Waals surface area (Å²) in [6, 6.07) is 7.29. The molecule has 0 spiro atoms. The van der Waals surface area contributed by atoms with Gasteiger partial charge in [-0.25, -0.2) is 14.2 Å². The van der Waals surface area contributed by atoms with E-state index in [0.29, 0.717) is 5.69 Å². The molecule has 0 atom stereocenters. The molecule has 7 nitrogen and oxygen atoms in total. The maximum atomic E-state index is 13.0. The molecule has 2 N–H and O–H groups in total. The number of unbranched alkanes of at least 4 members (excludes halogenated alkanes) is 1. The van der Waals surface area contributed by atoms with Gasteiger partial charge < -0.3 is 10.1 Å². The van der Waals surface area contributed by atoms with E-state index in [2.05, 4.69) is 11.9 Å². The Labute approximate surface area is 157 Å². The van der Waals surface area contributed by atoms with Gasteiger partial charge in [-0.3, -0.25) is 9.69 Å². The number of aromatic nitrogens is 2. The number of aryl methyl sites for hydroxylation is 1. The molecule has 2 aromatic rings. The van der Waals surface area contributed by atoms with Gasteiger partial charge in [0.2, 0.25) is 0 Å². The quantitative estimate of drug-likeness (QED) is 0.778. The lowest BCUT2D eigenvalue weighted by molar-refractivity contribution is 0.0687. The minimum Gasteiger partial charge on any atom is -0.477 e. The van der Waals surface area contributed by atoms with E-state index < -0.39 is 17.2 Å². The van der Waals surface area contributed by atoms with Gasteiger partial charge in [0.15, 0.2) is 0 Å². The predicted molar refractivity (Wildman–Crippen MR) is 103 cm³/mol. The standard InChI is InChI=1S/C20H25N3O4/c1-2-3-6-14-7-9-15(10-8-14)23-18(24)16(13-22-11-4-5-12-22)17(19(25)26)21-20(23)27/h7-10H,2-6,11-13H2,1H3,(H,21,27)(H,25,26). The van der Waals surface area contributed by atoms with E-state index in [-0.39, 0.29) is 17.8 Å². The number of carbonyl (C=O) groups is 1. The zero-order chi connectivity index (χ0) is 19.4. The maximum absolute atomic E-state index is 13.0. The van der Waals surface area contributed by atoms with Crippen molar-refractivity contribution in [3.8, 4) is 5.69 Å². The Kier molecular flexibility index (Phi) is 5.91. The second-order valence-corrected chi connectivity index (χ2v) is 6.98. The number of aromatic carboxylic acids is 1. The van der Waals surface area contributed by atoms with Crippen LogP contribution in [0.4, 0.5) is 0 Å². The Morgan fingerprint density at radius 3 is 2.41 bits per heavy atom. The van der Waals surface area contributed by atoms with Crippen LogP contribution in [0.3, 0.4) is 0 Å². The van der Waals surface area contributed by atoms with Crippen molar-refractivity contribution >= 4 is 5.97 Å². The van der Waals surface area contributed by atoms with Crippen LogP contribution in [0.25, 0.3) is 5.69 Å². The largest absolute Gasteiger partial charge is 0.477 e. The predicted octanol–water partition coefficient (Wildman–Crippen LogP) is 2.16. The molecule has 1 aromatic heterocycles. The van der Waals surface area contributed by atoms with E-state index in [9.17, 15) is 19.5 Å². The number of carboxylic acids is 1. The van der Waals surface area contributed by atoms with Gasteiger partial charge in [-0.15, -0.1) is 0 Å². The summed E-state index contributed by atoms with van der Waals surface area (Å²) >= 11 is 0. The van der Waals surface area contributed by atoms with Crippen molar-refractivity contribution in [3.63, 3.8) is 0 Å². The van der Waals surface area contributed by atoms with E-state index >= 15 is 0 Å². The van der Waals surface area contributed by atoms with E-state index in [1.807, 2.05) is 17.0 Å². The summed E-state index contributed by atoms with van der Waals surface area (Å²) in [6.45, 7) is 4.00. The molecule has 2 heterocycles. The van der Waals surface area contributed by atoms with Crippen molar-refractivity contribution in [1.29, 1.82) is 0 Å². The minimum absolute atomic E-state index is 0.124. The van der Waals surface area contributed by atoms with E-state index in [1.165, 1.54) is 0 Å². The van der Waals surface area contributed by atoms with Crippen molar-refractivity contribution in [2.45, 2.75) is 45.6 Å². The molecular weight excluding hydrogens is 346 g/mol. The average molecular weight is 371 g/mol. The van der Waals surface area contributed by atoms with Gasteiger partial charge in [-0.1, -0.05) is 25.5 Å². The van der Waals surface area contributed by atoms with Crippen molar-refractivity contribution in [1.82, 2.24) is 14.5 Å². The van der Waals surface area contributed by atoms with Crippen LogP contribution in [-0.4, -0.2) is 38.6 Å². The zero-order valence-corrected chi connectivity index (χ0v) is 15.5. The van der Waals surface area contributed by atoms with Crippen LogP contribution >= 0.6 is 0 Å². The van der Waals surface area contributed by atoms with Crippen LogP contribution in [0.15, 0.2) is 33.9 Å². The summed E-state index contributed by atoms with van der Waals surface area (Å²) in [5.41, 5.74) is 0.102. The number of likely N-dealkylation sites (tertiary alicyclic amines) is 1. The number of H-pyrrole nitrogens is 1. The number of benzene rings is 1. The van der Waals surface area contributed by atoms with Gasteiger partial charge in [-0.2, -0.15) is 0 Å². The number of hydrogen-bond acceptors (Lipinski definition) is 4. The smallest absolute Gasteiger partial charge is 0.352 e. The number of carboxylic acid groups (broad SMARTS) is 1. The third-order valence-corrected chi connectivity index (χ3v) is 5.01. The molecular formula is C20H25N3O4. The Hall–Kier alpha value is -2.67. The molecule has 1 saturated heterocycles. The molecule has 1 aliphatic heterocycles. The summed E-state index contributed by atoms with van der Waals surface area (Å²) < 4.78 is 1.03. The van der Waals surface area contributed by atoms with Crippen LogP contribution in [0.5, 0.6) is 0 Å². The number of nitrogens with zero attached hydrogens (tertiary/aromatic N) is 2. The highest BCUT2D eigenvalue weighted by atomic mass is 16.4. The first kappa shape index (κ1) is 19.1. The van der Waals surface area contributed by atoms with Gasteiger partial charge >= 0.3 is 11.7 Å². The third kappa shape index (κ3) is 4.19. The lowest BCUT2D eigenvalue weighted by Gasteiger charge is -2.16. The summed E-state index contributed by atoms with van der Waals surface area (Å²) in [5, 5.41) is 9.43. The highest BCUT2D eigenvalue weighted by Crippen LogP contribution is 2.14. The van der Waals surface area contributed by atoms with Crippen LogP contribution in [0.2, 0.25) is 0 Å². The molecule has 1 aliphatic rings. The normalized spacial score (nSPS) is 14.6. The molecule has 1 aromatic carbocycles. The van der Waals surface area contributed by atoms with Gasteiger partial charge in [0.25, 0.3) is 5.56 Å². The lowest BCUT2D eigenvalue weighted by Crippen LogP contribution is -2.40. The average Bonchev–Trinajstić information content (AvgIpc) is 3.16. The highest BCUT2D eigenvalue weighted by molar-refractivity contribution is 5.86. The van der Waals surface area contributed by atoms with E-state index in [1.54, 1.807) is 12.1 Å². The maximum Gasteiger partial charge on any atom is 0.352 e. The first-order valence-corrected chi connectivity index (χ1v) is 9.44. The Balaban J connectivity index is 2.03. The highest BCUT2D eigenvalue weighted by Gasteiger charge is 2.23. The molecule has 0 radical (unpaired) electrons. The van der Waals surface area contributed by atoms with E-state index in [4.69, 9.17) is 0 Å². The molecule has 0 amide bonds. The van der Waals surface area contributed by atoms with Crippen molar-refractivity contribution in [2.75, 3.05) is 13.1 Å². The number of hydrogen-bond donors (Lipinski definition) is 2. The van der Waals surface area contributed by atoms with Crippen molar-refractivity contribution in [2.24, 2.45) is 0 Å². The molecule has 0 bridgehead atoms. The Bertz CT molecular complexity index is 922. The van der Waals surface area contributed by atoms with Gasteiger partial charge in [0.05, 0.1) is 11.3 Å². The summed E-state index contributed by atoms with van der Waals surface area (Å²) in [6.07, 6.45) is 5.17. The summed E-state index contributed by atoms with van der Waals surface area (Å²) in [7, 11) is 0. The number of nitrogens with one attached hydrogen (secondary N) is 1. The number of rotatable bonds is 7. The molecule has 144 valence electrons. The summed E-state index contributed by atoms with van der Waals surface area (Å²) in [4.78, 5) is 41.4. The third-order valence-electron chi connectivity index (χ3n) is 5.01. The lowest BCUT2D eigenvalue weighted by atomic mass is 10.1. The van der Waals surface area contributed by atoms with Crippen LogP contribution in [0.1, 0.15) is 54.2 Å². The van der Waals surface area contributed by atoms with Gasteiger partial charge in [0, 0.05) is 6.54 Å². The molecule has 3 rings (SSSR count). The van der Waals surface area contributed by atoms with Crippen molar-refractivity contribution < 1.29 is 9.90 Å². The molecule has 0 saturated carbocycles. The summed E-state index contributed by atoms with van der Waals surface area (Å²) in [5.74, 6) is -1.29. The molecule has 7 heteroatoms. The fourth-order valence-electron chi connectivity index (χ4n) is 3.49. The fraction of sp³-hybridized carbons (Fsp3) is 0.450. The van der Waals surface area contributed by atoms with Crippen LogP contribution in [-0.2, 0) is 13.0 Å². The Morgan fingerprint density at radius 1 is 1.15 bits per heavy atom. The van der Waals surface area contributed by atoms with E-state index in [0.717, 1.165) is 55.3 Å². The minimum atomic E-state index is -1.29. The second-order valence-electron chi connectivity index (χ2n) is 6.98. The topological polar surface area (TPSA) is 95.4 Å². The zero-order valence-electron chi connectivity index (χ0n) is 15.5. The molecule has 1 fully saturated rings. The first-order valence-electron chi connectivity index (χ1n) is 9.44. The number of aromatic amines is 1. The fourth-order valence-corrected chi connectivity index (χ4v) is 3.49. The first-order chi connectivity index (χ1) is 13.0. The molecule has 0 aliphatic carbocycles.